The Labute approximate surface area is 119 Å². The van der Waals surface area contributed by atoms with Crippen LogP contribution < -0.4 is 5.32 Å². The molecular formula is C15H31ClN2. The smallest absolute Gasteiger partial charge is 0.00332 e. The minimum absolute atomic E-state index is 0. The topological polar surface area (TPSA) is 15.3 Å². The third-order valence-corrected chi connectivity index (χ3v) is 4.18. The van der Waals surface area contributed by atoms with Crippen LogP contribution in [0.1, 0.15) is 47.0 Å². The van der Waals surface area contributed by atoms with Gasteiger partial charge in [0.25, 0.3) is 0 Å². The van der Waals surface area contributed by atoms with Gasteiger partial charge in [-0.15, -0.1) is 12.4 Å². The highest BCUT2D eigenvalue weighted by Gasteiger charge is 2.37. The molecule has 2 saturated heterocycles. The molecule has 1 N–H and O–H groups in total. The summed E-state index contributed by atoms with van der Waals surface area (Å²) < 4.78 is 0. The molecule has 2 aliphatic rings. The molecule has 2 heterocycles. The Morgan fingerprint density at radius 2 is 1.72 bits per heavy atom. The van der Waals surface area contributed by atoms with Crippen LogP contribution in [0.4, 0.5) is 0 Å². The molecule has 0 aliphatic carbocycles. The van der Waals surface area contributed by atoms with E-state index in [1.165, 1.54) is 52.0 Å². The average molecular weight is 275 g/mol. The molecule has 0 bridgehead atoms. The number of nitrogens with one attached hydrogen (secondary N) is 1. The summed E-state index contributed by atoms with van der Waals surface area (Å²) >= 11 is 0. The maximum Gasteiger partial charge on any atom is 0.00332 e. The highest BCUT2D eigenvalue weighted by molar-refractivity contribution is 5.85. The van der Waals surface area contributed by atoms with E-state index < -0.39 is 0 Å². The highest BCUT2D eigenvalue weighted by atomic mass is 35.5. The SMILES string of the molecule is CC1(C)CN(CC2CCCNC2)CC(C)(C)C1.Cl. The van der Waals surface area contributed by atoms with Gasteiger partial charge in [-0.05, 0) is 49.1 Å². The van der Waals surface area contributed by atoms with Gasteiger partial charge in [0.2, 0.25) is 0 Å². The fourth-order valence-electron chi connectivity index (χ4n) is 4.25. The molecule has 0 spiro atoms. The number of piperidine rings is 2. The lowest BCUT2D eigenvalue weighted by Crippen LogP contribution is -2.51. The fraction of sp³-hybridized carbons (Fsp3) is 1.00. The van der Waals surface area contributed by atoms with Gasteiger partial charge in [-0.2, -0.15) is 0 Å². The zero-order valence-corrected chi connectivity index (χ0v) is 13.4. The average Bonchev–Trinajstić information content (AvgIpc) is 2.13. The summed E-state index contributed by atoms with van der Waals surface area (Å²) in [7, 11) is 0. The van der Waals surface area contributed by atoms with E-state index in [2.05, 4.69) is 37.9 Å². The van der Waals surface area contributed by atoms with E-state index in [0.717, 1.165) is 5.92 Å². The first-order valence-corrected chi connectivity index (χ1v) is 7.29. The third-order valence-electron chi connectivity index (χ3n) is 4.18. The molecule has 0 radical (unpaired) electrons. The van der Waals surface area contributed by atoms with Crippen molar-refractivity contribution in [2.24, 2.45) is 16.7 Å². The molecule has 3 heteroatoms. The maximum absolute atomic E-state index is 3.54. The van der Waals surface area contributed by atoms with E-state index in [4.69, 9.17) is 0 Å². The van der Waals surface area contributed by atoms with Crippen LogP contribution in [0.25, 0.3) is 0 Å². The van der Waals surface area contributed by atoms with Gasteiger partial charge in [0.15, 0.2) is 0 Å². The first-order valence-electron chi connectivity index (χ1n) is 7.29. The molecule has 0 saturated carbocycles. The summed E-state index contributed by atoms with van der Waals surface area (Å²) in [6, 6.07) is 0. The molecule has 0 amide bonds. The number of hydrogen-bond donors (Lipinski definition) is 1. The van der Waals surface area contributed by atoms with E-state index in [0.29, 0.717) is 10.8 Å². The second kappa shape index (κ2) is 6.11. The summed E-state index contributed by atoms with van der Waals surface area (Å²) in [5, 5.41) is 3.54. The van der Waals surface area contributed by atoms with Crippen molar-refractivity contribution in [2.75, 3.05) is 32.7 Å². The largest absolute Gasteiger partial charge is 0.316 e. The molecular weight excluding hydrogens is 244 g/mol. The molecule has 1 atom stereocenters. The zero-order chi connectivity index (χ0) is 12.5. The number of rotatable bonds is 2. The predicted molar refractivity (Wildman–Crippen MR) is 81.5 cm³/mol. The van der Waals surface area contributed by atoms with Crippen LogP contribution in [0.3, 0.4) is 0 Å². The Morgan fingerprint density at radius 3 is 2.22 bits per heavy atom. The fourth-order valence-corrected chi connectivity index (χ4v) is 4.25. The second-order valence-electron chi connectivity index (χ2n) is 7.89. The van der Waals surface area contributed by atoms with Crippen LogP contribution in [-0.4, -0.2) is 37.6 Å². The van der Waals surface area contributed by atoms with Crippen LogP contribution in [0.15, 0.2) is 0 Å². The highest BCUT2D eigenvalue weighted by Crippen LogP contribution is 2.39. The number of hydrogen-bond acceptors (Lipinski definition) is 2. The number of nitrogens with zero attached hydrogens (tertiary/aromatic N) is 1. The Balaban J connectivity index is 0.00000162. The lowest BCUT2D eigenvalue weighted by Gasteiger charge is -2.48. The van der Waals surface area contributed by atoms with E-state index in [1.807, 2.05) is 0 Å². The summed E-state index contributed by atoms with van der Waals surface area (Å²) in [4.78, 5) is 2.72. The summed E-state index contributed by atoms with van der Waals surface area (Å²) in [5.41, 5.74) is 0.980. The van der Waals surface area contributed by atoms with Gasteiger partial charge in [0, 0.05) is 19.6 Å². The van der Waals surface area contributed by atoms with Gasteiger partial charge in [0.1, 0.15) is 0 Å². The van der Waals surface area contributed by atoms with Crippen molar-refractivity contribution >= 4 is 12.4 Å². The number of likely N-dealkylation sites (tertiary alicyclic amines) is 1. The molecule has 0 aromatic carbocycles. The third kappa shape index (κ3) is 4.71. The zero-order valence-electron chi connectivity index (χ0n) is 12.6. The molecule has 2 fully saturated rings. The molecule has 2 rings (SSSR count). The van der Waals surface area contributed by atoms with Gasteiger partial charge >= 0.3 is 0 Å². The lowest BCUT2D eigenvalue weighted by atomic mass is 9.71. The standard InChI is InChI=1S/C15H30N2.ClH/c1-14(2)10-15(3,4)12-17(11-14)9-13-6-5-7-16-8-13;/h13,16H,5-12H2,1-4H3;1H. The quantitative estimate of drug-likeness (QED) is 0.832. The van der Waals surface area contributed by atoms with E-state index >= 15 is 0 Å². The molecule has 2 aliphatic heterocycles. The monoisotopic (exact) mass is 274 g/mol. The van der Waals surface area contributed by atoms with Crippen molar-refractivity contribution in [3.8, 4) is 0 Å². The normalized spacial score (nSPS) is 31.7. The first kappa shape index (κ1) is 16.3. The maximum atomic E-state index is 3.54. The molecule has 0 aromatic rings. The van der Waals surface area contributed by atoms with Crippen molar-refractivity contribution < 1.29 is 0 Å². The lowest BCUT2D eigenvalue weighted by molar-refractivity contribution is 0.0168. The van der Waals surface area contributed by atoms with E-state index in [9.17, 15) is 0 Å². The molecule has 18 heavy (non-hydrogen) atoms. The van der Waals surface area contributed by atoms with Crippen molar-refractivity contribution in [2.45, 2.75) is 47.0 Å². The molecule has 0 aromatic heterocycles. The number of halogens is 1. The summed E-state index contributed by atoms with van der Waals surface area (Å²) in [6.07, 6.45) is 4.15. The Bertz CT molecular complexity index is 241. The molecule has 1 unspecified atom stereocenters. The predicted octanol–water partition coefficient (Wildman–Crippen LogP) is 3.17. The van der Waals surface area contributed by atoms with Crippen LogP contribution in [0, 0.1) is 16.7 Å². The molecule has 2 nitrogen and oxygen atoms in total. The Hall–Kier alpha value is 0.210. The van der Waals surface area contributed by atoms with Gasteiger partial charge < -0.3 is 10.2 Å². The van der Waals surface area contributed by atoms with Crippen LogP contribution >= 0.6 is 12.4 Å². The molecule has 108 valence electrons. The van der Waals surface area contributed by atoms with E-state index in [-0.39, 0.29) is 12.4 Å². The first-order chi connectivity index (χ1) is 7.86. The Kier molecular flexibility index (Phi) is 5.52. The van der Waals surface area contributed by atoms with Crippen LogP contribution in [0.2, 0.25) is 0 Å². The minimum Gasteiger partial charge on any atom is -0.316 e. The van der Waals surface area contributed by atoms with Gasteiger partial charge in [0.05, 0.1) is 0 Å². The summed E-state index contributed by atoms with van der Waals surface area (Å²) in [6.45, 7) is 16.1. The van der Waals surface area contributed by atoms with Crippen molar-refractivity contribution in [1.82, 2.24) is 10.2 Å². The van der Waals surface area contributed by atoms with Crippen molar-refractivity contribution in [3.05, 3.63) is 0 Å². The van der Waals surface area contributed by atoms with Crippen LogP contribution in [0.5, 0.6) is 0 Å². The minimum atomic E-state index is 0. The second-order valence-corrected chi connectivity index (χ2v) is 7.89. The van der Waals surface area contributed by atoms with Gasteiger partial charge in [-0.1, -0.05) is 27.7 Å². The van der Waals surface area contributed by atoms with Gasteiger partial charge in [-0.3, -0.25) is 0 Å². The Morgan fingerprint density at radius 1 is 1.11 bits per heavy atom. The van der Waals surface area contributed by atoms with Crippen molar-refractivity contribution in [3.63, 3.8) is 0 Å². The van der Waals surface area contributed by atoms with Crippen LogP contribution in [-0.2, 0) is 0 Å². The van der Waals surface area contributed by atoms with Gasteiger partial charge in [-0.25, -0.2) is 0 Å². The van der Waals surface area contributed by atoms with Crippen molar-refractivity contribution in [1.29, 1.82) is 0 Å². The summed E-state index contributed by atoms with van der Waals surface area (Å²) in [5.74, 6) is 0.883. The van der Waals surface area contributed by atoms with E-state index in [1.54, 1.807) is 0 Å².